The van der Waals surface area contributed by atoms with Gasteiger partial charge in [0.05, 0.1) is 15.9 Å². The number of rotatable bonds is 4. The normalized spacial score (nSPS) is 11.2. The molecule has 0 saturated carbocycles. The van der Waals surface area contributed by atoms with Crippen LogP contribution in [0, 0.1) is 0 Å². The van der Waals surface area contributed by atoms with E-state index in [1.807, 2.05) is 48.5 Å². The molecule has 0 unspecified atom stereocenters. The highest BCUT2D eigenvalue weighted by atomic mass is 32.1. The molecular formula is C18H13N5OS. The van der Waals surface area contributed by atoms with Crippen molar-refractivity contribution in [2.45, 2.75) is 0 Å². The lowest BCUT2D eigenvalue weighted by Gasteiger charge is -2.04. The molecule has 0 aliphatic heterocycles. The summed E-state index contributed by atoms with van der Waals surface area (Å²) in [5, 5.41) is 7.69. The Morgan fingerprint density at radius 2 is 1.96 bits per heavy atom. The van der Waals surface area contributed by atoms with Gasteiger partial charge in [-0.25, -0.2) is 14.6 Å². The first-order valence-corrected chi connectivity index (χ1v) is 8.39. The van der Waals surface area contributed by atoms with E-state index in [0.717, 1.165) is 20.9 Å². The van der Waals surface area contributed by atoms with Crippen molar-refractivity contribution in [3.05, 3.63) is 72.3 Å². The van der Waals surface area contributed by atoms with Crippen molar-refractivity contribution in [2.24, 2.45) is 0 Å². The number of hydrogen-bond donors (Lipinski definition) is 1. The molecule has 0 atom stereocenters. The Morgan fingerprint density at radius 3 is 2.72 bits per heavy atom. The van der Waals surface area contributed by atoms with Gasteiger partial charge < -0.3 is 5.32 Å². The van der Waals surface area contributed by atoms with E-state index in [0.29, 0.717) is 5.69 Å². The molecular weight excluding hydrogens is 334 g/mol. The maximum absolute atomic E-state index is 12.1. The lowest BCUT2D eigenvalue weighted by atomic mass is 10.3. The van der Waals surface area contributed by atoms with Crippen molar-refractivity contribution < 1.29 is 4.79 Å². The predicted molar refractivity (Wildman–Crippen MR) is 98.6 cm³/mol. The molecule has 122 valence electrons. The summed E-state index contributed by atoms with van der Waals surface area (Å²) in [6.07, 6.45) is 6.31. The number of carbonyl (C=O) groups is 1. The Morgan fingerprint density at radius 1 is 1.12 bits per heavy atom. The van der Waals surface area contributed by atoms with Crippen LogP contribution in [0.5, 0.6) is 0 Å². The van der Waals surface area contributed by atoms with Crippen LogP contribution in [0.1, 0.15) is 5.01 Å². The van der Waals surface area contributed by atoms with Crippen molar-refractivity contribution in [3.8, 4) is 5.69 Å². The van der Waals surface area contributed by atoms with E-state index in [4.69, 9.17) is 0 Å². The minimum absolute atomic E-state index is 0.201. The van der Waals surface area contributed by atoms with Gasteiger partial charge in [0, 0.05) is 11.8 Å². The minimum atomic E-state index is -0.201. The molecule has 0 fully saturated rings. The van der Waals surface area contributed by atoms with Gasteiger partial charge in [-0.2, -0.15) is 5.10 Å². The van der Waals surface area contributed by atoms with Crippen LogP contribution in [0.4, 0.5) is 5.69 Å². The number of nitrogens with one attached hydrogen (secondary N) is 1. The second kappa shape index (κ2) is 6.66. The number of anilines is 1. The van der Waals surface area contributed by atoms with Gasteiger partial charge in [-0.3, -0.25) is 4.79 Å². The van der Waals surface area contributed by atoms with Gasteiger partial charge in [0.2, 0.25) is 5.91 Å². The summed E-state index contributed by atoms with van der Waals surface area (Å²) in [5.74, 6) is -0.201. The molecule has 2 aromatic carbocycles. The SMILES string of the molecule is O=C(/C=C/c1nc2ccccc2s1)Nc1ccc(-n2cncn2)cc1. The Bertz CT molecular complexity index is 1000. The molecule has 7 heteroatoms. The molecule has 1 N–H and O–H groups in total. The number of benzene rings is 2. The van der Waals surface area contributed by atoms with E-state index in [-0.39, 0.29) is 5.91 Å². The highest BCUT2D eigenvalue weighted by Gasteiger charge is 2.02. The average Bonchev–Trinajstić information content (AvgIpc) is 3.30. The lowest BCUT2D eigenvalue weighted by molar-refractivity contribution is -0.111. The highest BCUT2D eigenvalue weighted by molar-refractivity contribution is 7.19. The van der Waals surface area contributed by atoms with Gasteiger partial charge >= 0.3 is 0 Å². The second-order valence-electron chi connectivity index (χ2n) is 5.23. The molecule has 0 bridgehead atoms. The predicted octanol–water partition coefficient (Wildman–Crippen LogP) is 3.53. The summed E-state index contributed by atoms with van der Waals surface area (Å²) in [6, 6.07) is 15.3. The standard InChI is InChI=1S/C18H13N5OS/c24-17(9-10-18-22-15-3-1-2-4-16(15)25-18)21-13-5-7-14(8-6-13)23-12-19-11-20-23/h1-12H,(H,21,24)/b10-9+. The smallest absolute Gasteiger partial charge is 0.248 e. The molecule has 1 amide bonds. The van der Waals surface area contributed by atoms with Crippen LogP contribution in [0.3, 0.4) is 0 Å². The van der Waals surface area contributed by atoms with Crippen molar-refractivity contribution >= 4 is 39.2 Å². The molecule has 0 aliphatic rings. The van der Waals surface area contributed by atoms with Crippen LogP contribution in [-0.4, -0.2) is 25.7 Å². The Balaban J connectivity index is 1.43. The number of nitrogens with zero attached hydrogens (tertiary/aromatic N) is 4. The molecule has 4 aromatic rings. The van der Waals surface area contributed by atoms with E-state index in [1.54, 1.807) is 28.4 Å². The molecule has 6 nitrogen and oxygen atoms in total. The molecule has 4 rings (SSSR count). The zero-order valence-corrected chi connectivity index (χ0v) is 13.9. The first-order valence-electron chi connectivity index (χ1n) is 7.58. The van der Waals surface area contributed by atoms with Crippen LogP contribution in [-0.2, 0) is 4.79 Å². The third-order valence-electron chi connectivity index (χ3n) is 3.51. The summed E-state index contributed by atoms with van der Waals surface area (Å²) < 4.78 is 2.75. The number of aromatic nitrogens is 4. The van der Waals surface area contributed by atoms with E-state index in [1.165, 1.54) is 12.4 Å². The number of hydrogen-bond acceptors (Lipinski definition) is 5. The van der Waals surface area contributed by atoms with Crippen LogP contribution in [0.2, 0.25) is 0 Å². The molecule has 0 aliphatic carbocycles. The van der Waals surface area contributed by atoms with Crippen LogP contribution in [0.25, 0.3) is 22.0 Å². The van der Waals surface area contributed by atoms with Gasteiger partial charge in [-0.05, 0) is 42.5 Å². The van der Waals surface area contributed by atoms with E-state index in [9.17, 15) is 4.79 Å². The Labute approximate surface area is 147 Å². The van der Waals surface area contributed by atoms with Crippen molar-refractivity contribution in [1.29, 1.82) is 0 Å². The van der Waals surface area contributed by atoms with E-state index in [2.05, 4.69) is 20.4 Å². The number of carbonyl (C=O) groups excluding carboxylic acids is 1. The molecule has 0 radical (unpaired) electrons. The first-order chi connectivity index (χ1) is 12.3. The van der Waals surface area contributed by atoms with Crippen molar-refractivity contribution in [1.82, 2.24) is 19.7 Å². The van der Waals surface area contributed by atoms with Gasteiger partial charge in [-0.15, -0.1) is 11.3 Å². The lowest BCUT2D eigenvalue weighted by Crippen LogP contribution is -2.07. The fourth-order valence-electron chi connectivity index (χ4n) is 2.33. The topological polar surface area (TPSA) is 72.7 Å². The van der Waals surface area contributed by atoms with Gasteiger partial charge in [0.15, 0.2) is 0 Å². The quantitative estimate of drug-likeness (QED) is 0.573. The van der Waals surface area contributed by atoms with Gasteiger partial charge in [0.25, 0.3) is 0 Å². The third-order valence-corrected chi connectivity index (χ3v) is 4.51. The average molecular weight is 347 g/mol. The monoisotopic (exact) mass is 347 g/mol. The van der Waals surface area contributed by atoms with E-state index < -0.39 is 0 Å². The molecule has 0 spiro atoms. The Kier molecular flexibility index (Phi) is 4.05. The summed E-state index contributed by atoms with van der Waals surface area (Å²) >= 11 is 1.55. The van der Waals surface area contributed by atoms with Crippen LogP contribution in [0.15, 0.2) is 67.3 Å². The fraction of sp³-hybridized carbons (Fsp3) is 0. The fourth-order valence-corrected chi connectivity index (χ4v) is 3.20. The number of amides is 1. The van der Waals surface area contributed by atoms with Crippen molar-refractivity contribution in [2.75, 3.05) is 5.32 Å². The van der Waals surface area contributed by atoms with Gasteiger partial charge in [0.1, 0.15) is 17.7 Å². The number of fused-ring (bicyclic) bond motifs is 1. The summed E-state index contributed by atoms with van der Waals surface area (Å²) in [6.45, 7) is 0. The van der Waals surface area contributed by atoms with E-state index >= 15 is 0 Å². The van der Waals surface area contributed by atoms with Crippen molar-refractivity contribution in [3.63, 3.8) is 0 Å². The largest absolute Gasteiger partial charge is 0.323 e. The minimum Gasteiger partial charge on any atom is -0.323 e. The highest BCUT2D eigenvalue weighted by Crippen LogP contribution is 2.22. The number of thiazole rings is 1. The van der Waals surface area contributed by atoms with Gasteiger partial charge in [-0.1, -0.05) is 12.1 Å². The molecule has 2 aromatic heterocycles. The first kappa shape index (κ1) is 15.2. The molecule has 25 heavy (non-hydrogen) atoms. The van der Waals surface area contributed by atoms with Crippen LogP contribution < -0.4 is 5.32 Å². The summed E-state index contributed by atoms with van der Waals surface area (Å²) in [7, 11) is 0. The molecule has 2 heterocycles. The Hall–Kier alpha value is -3.32. The summed E-state index contributed by atoms with van der Waals surface area (Å²) in [4.78, 5) is 20.4. The maximum Gasteiger partial charge on any atom is 0.248 e. The molecule has 0 saturated heterocycles. The third kappa shape index (κ3) is 3.46. The summed E-state index contributed by atoms with van der Waals surface area (Å²) in [5.41, 5.74) is 2.53. The second-order valence-corrected chi connectivity index (χ2v) is 6.29. The maximum atomic E-state index is 12.1. The zero-order chi connectivity index (χ0) is 17.1. The van der Waals surface area contributed by atoms with Crippen LogP contribution >= 0.6 is 11.3 Å². The number of para-hydroxylation sites is 1. The zero-order valence-electron chi connectivity index (χ0n) is 13.0.